The first-order chi connectivity index (χ1) is 8.71. The molecule has 0 saturated heterocycles. The molecule has 0 spiro atoms. The molecule has 0 bridgehead atoms. The lowest BCUT2D eigenvalue weighted by atomic mass is 10.2. The second-order valence-electron chi connectivity index (χ2n) is 4.97. The van der Waals surface area contributed by atoms with E-state index in [-0.39, 0.29) is 6.61 Å². The zero-order chi connectivity index (χ0) is 15.1. The Kier molecular flexibility index (Phi) is 7.14. The summed E-state index contributed by atoms with van der Waals surface area (Å²) in [7, 11) is 1.24. The van der Waals surface area contributed by atoms with Crippen molar-refractivity contribution in [1.82, 2.24) is 5.32 Å². The van der Waals surface area contributed by atoms with Gasteiger partial charge in [0, 0.05) is 0 Å². The van der Waals surface area contributed by atoms with Gasteiger partial charge >= 0.3 is 12.1 Å². The van der Waals surface area contributed by atoms with Crippen LogP contribution in [0.2, 0.25) is 0 Å². The van der Waals surface area contributed by atoms with E-state index in [2.05, 4.69) is 16.6 Å². The Labute approximate surface area is 114 Å². The fourth-order valence-corrected chi connectivity index (χ4v) is 1.25. The molecule has 0 aliphatic rings. The molecule has 0 saturated carbocycles. The number of amides is 1. The molecule has 1 amide bonds. The molecular formula is C13H23NO5. The summed E-state index contributed by atoms with van der Waals surface area (Å²) >= 11 is 0. The van der Waals surface area contributed by atoms with E-state index in [1.54, 1.807) is 33.8 Å². The lowest BCUT2D eigenvalue weighted by Gasteiger charge is -2.25. The van der Waals surface area contributed by atoms with Gasteiger partial charge in [0.25, 0.3) is 0 Å². The normalized spacial score (nSPS) is 14.2. The molecule has 0 fully saturated rings. The minimum absolute atomic E-state index is 0.269. The standard InChI is InChI=1S/C13H23NO5/c1-7-8-18-9(2)10(11(15)17-6)14-12(16)19-13(3,4)5/h7,9-10H,1,8H2,2-6H3,(H,14,16)/t9?,10-/m0/s1. The summed E-state index contributed by atoms with van der Waals surface area (Å²) in [5.74, 6) is -0.595. The second kappa shape index (κ2) is 7.78. The maximum atomic E-state index is 11.7. The number of alkyl carbamates (subject to hydrolysis) is 1. The number of hydrogen-bond donors (Lipinski definition) is 1. The Bertz CT molecular complexity index is 321. The van der Waals surface area contributed by atoms with Crippen molar-refractivity contribution in [3.8, 4) is 0 Å². The van der Waals surface area contributed by atoms with Crippen molar-refractivity contribution in [3.63, 3.8) is 0 Å². The van der Waals surface area contributed by atoms with Crippen molar-refractivity contribution in [2.75, 3.05) is 13.7 Å². The van der Waals surface area contributed by atoms with Crippen molar-refractivity contribution in [3.05, 3.63) is 12.7 Å². The Morgan fingerprint density at radius 1 is 1.37 bits per heavy atom. The fraction of sp³-hybridized carbons (Fsp3) is 0.692. The van der Waals surface area contributed by atoms with E-state index in [0.717, 1.165) is 0 Å². The summed E-state index contributed by atoms with van der Waals surface area (Å²) in [5.41, 5.74) is -0.643. The van der Waals surface area contributed by atoms with Crippen LogP contribution in [0.5, 0.6) is 0 Å². The van der Waals surface area contributed by atoms with Crippen molar-refractivity contribution < 1.29 is 23.8 Å². The Morgan fingerprint density at radius 3 is 2.37 bits per heavy atom. The number of esters is 1. The molecule has 0 aliphatic heterocycles. The summed E-state index contributed by atoms with van der Waals surface area (Å²) in [4.78, 5) is 23.3. The van der Waals surface area contributed by atoms with E-state index in [4.69, 9.17) is 9.47 Å². The quantitative estimate of drug-likeness (QED) is 0.588. The number of ether oxygens (including phenoxy) is 3. The zero-order valence-corrected chi connectivity index (χ0v) is 12.2. The highest BCUT2D eigenvalue weighted by Crippen LogP contribution is 2.08. The largest absolute Gasteiger partial charge is 0.467 e. The molecule has 110 valence electrons. The minimum Gasteiger partial charge on any atom is -0.467 e. The number of hydrogen-bond acceptors (Lipinski definition) is 5. The summed E-state index contributed by atoms with van der Waals surface area (Å²) in [6.45, 7) is 10.6. The van der Waals surface area contributed by atoms with Crippen LogP contribution < -0.4 is 5.32 Å². The highest BCUT2D eigenvalue weighted by atomic mass is 16.6. The van der Waals surface area contributed by atoms with Crippen LogP contribution in [0.4, 0.5) is 4.79 Å². The first-order valence-corrected chi connectivity index (χ1v) is 6.01. The molecule has 6 nitrogen and oxygen atoms in total. The van der Waals surface area contributed by atoms with Gasteiger partial charge in [-0.25, -0.2) is 9.59 Å². The van der Waals surface area contributed by atoms with Gasteiger partial charge in [0.1, 0.15) is 5.60 Å². The van der Waals surface area contributed by atoms with Crippen LogP contribution in [-0.4, -0.2) is 43.5 Å². The van der Waals surface area contributed by atoms with Gasteiger partial charge in [-0.15, -0.1) is 6.58 Å². The molecule has 6 heteroatoms. The average molecular weight is 273 g/mol. The van der Waals surface area contributed by atoms with Gasteiger partial charge < -0.3 is 19.5 Å². The summed E-state index contributed by atoms with van der Waals surface area (Å²) in [6.07, 6.45) is 0.299. The molecule has 1 N–H and O–H groups in total. The van der Waals surface area contributed by atoms with Gasteiger partial charge in [-0.2, -0.15) is 0 Å². The molecule has 0 heterocycles. The third-order valence-corrected chi connectivity index (χ3v) is 2.07. The highest BCUT2D eigenvalue weighted by Gasteiger charge is 2.30. The lowest BCUT2D eigenvalue weighted by molar-refractivity contribution is -0.146. The van der Waals surface area contributed by atoms with Crippen LogP contribution in [-0.2, 0) is 19.0 Å². The van der Waals surface area contributed by atoms with Gasteiger partial charge in [0.2, 0.25) is 0 Å². The average Bonchev–Trinajstić information content (AvgIpc) is 2.29. The zero-order valence-electron chi connectivity index (χ0n) is 12.2. The van der Waals surface area contributed by atoms with E-state index >= 15 is 0 Å². The van der Waals surface area contributed by atoms with Crippen LogP contribution in [0.15, 0.2) is 12.7 Å². The van der Waals surface area contributed by atoms with E-state index < -0.39 is 29.8 Å². The predicted octanol–water partition coefficient (Wildman–Crippen LogP) is 1.64. The fourth-order valence-electron chi connectivity index (χ4n) is 1.25. The van der Waals surface area contributed by atoms with Gasteiger partial charge in [-0.05, 0) is 27.7 Å². The molecule has 0 aromatic carbocycles. The predicted molar refractivity (Wildman–Crippen MR) is 70.8 cm³/mol. The maximum absolute atomic E-state index is 11.7. The van der Waals surface area contributed by atoms with Gasteiger partial charge in [0.15, 0.2) is 6.04 Å². The number of carbonyl (C=O) groups excluding carboxylic acids is 2. The van der Waals surface area contributed by atoms with Gasteiger partial charge in [0.05, 0.1) is 19.8 Å². The molecule has 0 aliphatic carbocycles. The van der Waals surface area contributed by atoms with Crippen LogP contribution in [0, 0.1) is 0 Å². The molecular weight excluding hydrogens is 250 g/mol. The van der Waals surface area contributed by atoms with E-state index in [1.807, 2.05) is 0 Å². The Morgan fingerprint density at radius 2 is 1.95 bits per heavy atom. The molecule has 1 unspecified atom stereocenters. The number of rotatable bonds is 6. The van der Waals surface area contributed by atoms with Crippen molar-refractivity contribution >= 4 is 12.1 Å². The Balaban J connectivity index is 4.63. The molecule has 0 aromatic heterocycles. The maximum Gasteiger partial charge on any atom is 0.408 e. The van der Waals surface area contributed by atoms with Crippen LogP contribution in [0.1, 0.15) is 27.7 Å². The monoisotopic (exact) mass is 273 g/mol. The molecule has 19 heavy (non-hydrogen) atoms. The highest BCUT2D eigenvalue weighted by molar-refractivity contribution is 5.82. The SMILES string of the molecule is C=CCOC(C)[C@H](NC(=O)OC(C)(C)C)C(=O)OC. The van der Waals surface area contributed by atoms with Crippen LogP contribution in [0.3, 0.4) is 0 Å². The van der Waals surface area contributed by atoms with Gasteiger partial charge in [-0.3, -0.25) is 0 Å². The molecule has 0 rings (SSSR count). The minimum atomic E-state index is -0.931. The first kappa shape index (κ1) is 17.4. The molecule has 0 radical (unpaired) electrons. The number of nitrogens with one attached hydrogen (secondary N) is 1. The van der Waals surface area contributed by atoms with Gasteiger partial charge in [-0.1, -0.05) is 6.08 Å². The third kappa shape index (κ3) is 7.46. The summed E-state index contributed by atoms with van der Waals surface area (Å²) < 4.78 is 15.0. The first-order valence-electron chi connectivity index (χ1n) is 6.01. The topological polar surface area (TPSA) is 73.9 Å². The Hall–Kier alpha value is -1.56. The lowest BCUT2D eigenvalue weighted by Crippen LogP contribution is -2.50. The van der Waals surface area contributed by atoms with Crippen LogP contribution >= 0.6 is 0 Å². The summed E-state index contributed by atoms with van der Waals surface area (Å²) in [6, 6.07) is -0.931. The second-order valence-corrected chi connectivity index (χ2v) is 4.97. The van der Waals surface area contributed by atoms with Crippen molar-refractivity contribution in [2.45, 2.75) is 45.4 Å². The van der Waals surface area contributed by atoms with E-state index in [9.17, 15) is 9.59 Å². The van der Waals surface area contributed by atoms with E-state index in [1.165, 1.54) is 7.11 Å². The van der Waals surface area contributed by atoms with Crippen molar-refractivity contribution in [2.24, 2.45) is 0 Å². The van der Waals surface area contributed by atoms with Crippen LogP contribution in [0.25, 0.3) is 0 Å². The number of carbonyl (C=O) groups is 2. The molecule has 2 atom stereocenters. The van der Waals surface area contributed by atoms with Crippen molar-refractivity contribution in [1.29, 1.82) is 0 Å². The molecule has 0 aromatic rings. The van der Waals surface area contributed by atoms with E-state index in [0.29, 0.717) is 0 Å². The third-order valence-electron chi connectivity index (χ3n) is 2.07. The smallest absolute Gasteiger partial charge is 0.408 e. The summed E-state index contributed by atoms with van der Waals surface area (Å²) in [5, 5.41) is 2.44. The number of methoxy groups -OCH3 is 1.